The van der Waals surface area contributed by atoms with E-state index in [0.29, 0.717) is 0 Å². The van der Waals surface area contributed by atoms with Crippen LogP contribution >= 0.6 is 0 Å². The third-order valence-electron chi connectivity index (χ3n) is 1.98. The highest BCUT2D eigenvalue weighted by Gasteiger charge is 2.23. The van der Waals surface area contributed by atoms with Crippen LogP contribution in [0, 0.1) is 17.2 Å². The molecule has 1 rings (SSSR count). The van der Waals surface area contributed by atoms with Crippen molar-refractivity contribution < 1.29 is 20.1 Å². The van der Waals surface area contributed by atoms with E-state index in [2.05, 4.69) is 22.3 Å². The van der Waals surface area contributed by atoms with Crippen LogP contribution in [0.15, 0.2) is 30.9 Å². The molecule has 7 nitrogen and oxygen atoms in total. The molecule has 0 aliphatic carbocycles. The first-order chi connectivity index (χ1) is 8.56. The summed E-state index contributed by atoms with van der Waals surface area (Å²) >= 11 is 0. The van der Waals surface area contributed by atoms with Gasteiger partial charge in [0, 0.05) is 12.4 Å². The summed E-state index contributed by atoms with van der Waals surface area (Å²) < 4.78 is 4.71. The van der Waals surface area contributed by atoms with Crippen molar-refractivity contribution in [1.82, 2.24) is 9.97 Å². The fourth-order valence-corrected chi connectivity index (χ4v) is 1.09. The van der Waals surface area contributed by atoms with Gasteiger partial charge in [-0.15, -0.1) is 0 Å². The minimum atomic E-state index is -1.07. The molecule has 0 saturated carbocycles. The highest BCUT2D eigenvalue weighted by molar-refractivity contribution is 5.91. The molecule has 0 aliphatic heterocycles. The van der Waals surface area contributed by atoms with Crippen molar-refractivity contribution >= 4 is 11.8 Å². The van der Waals surface area contributed by atoms with Crippen LogP contribution in [0.5, 0.6) is 0 Å². The van der Waals surface area contributed by atoms with E-state index in [-0.39, 0.29) is 11.4 Å². The minimum absolute atomic E-state index is 0.00717. The molecule has 7 heteroatoms. The molecular formula is C11H11N4O3+. The van der Waals surface area contributed by atoms with Gasteiger partial charge in [0.25, 0.3) is 0 Å². The van der Waals surface area contributed by atoms with Gasteiger partial charge in [-0.05, 0) is 6.58 Å². The molecular weight excluding hydrogens is 236 g/mol. The molecule has 0 aromatic carbocycles. The monoisotopic (exact) mass is 247 g/mol. The summed E-state index contributed by atoms with van der Waals surface area (Å²) in [5, 5.41) is 8.71. The summed E-state index contributed by atoms with van der Waals surface area (Å²) in [4.78, 5) is 30.3. The molecule has 18 heavy (non-hydrogen) atoms. The van der Waals surface area contributed by atoms with E-state index in [1.165, 1.54) is 18.6 Å². The largest absolute Gasteiger partial charge is 0.453 e. The van der Waals surface area contributed by atoms with Gasteiger partial charge in [-0.1, -0.05) is 0 Å². The number of nitriles is 1. The molecule has 1 aromatic heterocycles. The molecule has 92 valence electrons. The number of carbonyl (C=O) groups excluding carboxylic acids is 2. The topological polar surface area (TPSA) is 121 Å². The summed E-state index contributed by atoms with van der Waals surface area (Å²) in [7, 11) is 0. The Bertz CT molecular complexity index is 507. The van der Waals surface area contributed by atoms with Crippen molar-refractivity contribution in [3.63, 3.8) is 0 Å². The second-order valence-electron chi connectivity index (χ2n) is 3.35. The maximum absolute atomic E-state index is 11.5. The lowest BCUT2D eigenvalue weighted by molar-refractivity contribution is -0.309. The fourth-order valence-electron chi connectivity index (χ4n) is 1.09. The minimum Gasteiger partial charge on any atom is -0.453 e. The van der Waals surface area contributed by atoms with Crippen molar-refractivity contribution in [1.29, 1.82) is 5.26 Å². The Morgan fingerprint density at radius 3 is 2.78 bits per heavy atom. The molecule has 0 radical (unpaired) electrons. The zero-order valence-corrected chi connectivity index (χ0v) is 9.50. The molecule has 0 saturated heterocycles. The summed E-state index contributed by atoms with van der Waals surface area (Å²) in [5.74, 6) is -2.42. The summed E-state index contributed by atoms with van der Waals surface area (Å²) in [6, 6.07) is 1.73. The van der Waals surface area contributed by atoms with E-state index in [9.17, 15) is 9.59 Å². The van der Waals surface area contributed by atoms with Gasteiger partial charge in [0.05, 0.1) is 12.3 Å². The number of ether oxygens (including phenoxy) is 1. The van der Waals surface area contributed by atoms with Gasteiger partial charge < -0.3 is 10.5 Å². The number of hydrogen-bond acceptors (Lipinski definition) is 6. The molecule has 0 bridgehead atoms. The maximum atomic E-state index is 11.5. The first-order valence-corrected chi connectivity index (χ1v) is 4.92. The number of hydrogen-bond donors (Lipinski definition) is 1. The van der Waals surface area contributed by atoms with Crippen molar-refractivity contribution in [3.8, 4) is 6.07 Å². The maximum Gasteiger partial charge on any atom is 0.358 e. The van der Waals surface area contributed by atoms with E-state index in [4.69, 9.17) is 10.00 Å². The Labute approximate surface area is 103 Å². The van der Waals surface area contributed by atoms with Crippen LogP contribution in [-0.2, 0) is 9.53 Å². The number of nitrogens with zero attached hydrogens (tertiary/aromatic N) is 3. The van der Waals surface area contributed by atoms with Gasteiger partial charge in [0.1, 0.15) is 5.70 Å². The molecule has 0 aliphatic rings. The quantitative estimate of drug-likeness (QED) is 0.673. The van der Waals surface area contributed by atoms with Crippen LogP contribution in [0.2, 0.25) is 0 Å². The molecule has 1 aromatic rings. The van der Waals surface area contributed by atoms with E-state index in [0.717, 1.165) is 0 Å². The number of esters is 1. The number of rotatable bonds is 5. The van der Waals surface area contributed by atoms with Crippen molar-refractivity contribution in [3.05, 3.63) is 36.6 Å². The Morgan fingerprint density at radius 2 is 2.28 bits per heavy atom. The van der Waals surface area contributed by atoms with E-state index >= 15 is 0 Å². The van der Waals surface area contributed by atoms with Gasteiger partial charge in [0.2, 0.25) is 0 Å². The average molecular weight is 247 g/mol. The van der Waals surface area contributed by atoms with Crippen molar-refractivity contribution in [2.45, 2.75) is 0 Å². The van der Waals surface area contributed by atoms with Crippen molar-refractivity contribution in [2.75, 3.05) is 6.61 Å². The molecule has 0 unspecified atom stereocenters. The Kier molecular flexibility index (Phi) is 4.66. The first-order valence-electron chi connectivity index (χ1n) is 4.92. The van der Waals surface area contributed by atoms with Crippen LogP contribution < -0.4 is 5.73 Å². The molecule has 0 spiro atoms. The average Bonchev–Trinajstić information content (AvgIpc) is 2.37. The van der Waals surface area contributed by atoms with E-state index in [1.807, 2.05) is 0 Å². The lowest BCUT2D eigenvalue weighted by Crippen LogP contribution is -2.51. The number of ketones is 1. The number of Topliss-reactive ketones (excluding diaryl/α,β-unsaturated/α-hetero) is 1. The Morgan fingerprint density at radius 1 is 1.56 bits per heavy atom. The molecule has 3 N–H and O–H groups in total. The van der Waals surface area contributed by atoms with Crippen LogP contribution in [0.1, 0.15) is 10.5 Å². The Hall–Kier alpha value is -2.59. The lowest BCUT2D eigenvalue weighted by atomic mass is 10.0. The summed E-state index contributed by atoms with van der Waals surface area (Å²) in [6.45, 7) is 2.89. The Balaban J connectivity index is 2.57. The number of quaternary nitrogens is 1. The van der Waals surface area contributed by atoms with Gasteiger partial charge in [-0.3, -0.25) is 9.78 Å². The zero-order valence-electron chi connectivity index (χ0n) is 9.50. The first kappa shape index (κ1) is 13.5. The van der Waals surface area contributed by atoms with Gasteiger partial charge in [0.15, 0.2) is 24.0 Å². The third-order valence-corrected chi connectivity index (χ3v) is 1.98. The summed E-state index contributed by atoms with van der Waals surface area (Å²) in [5.41, 5.74) is 3.57. The fraction of sp³-hybridized carbons (Fsp3) is 0.182. The zero-order chi connectivity index (χ0) is 13.5. The predicted molar refractivity (Wildman–Crippen MR) is 58.5 cm³/mol. The highest BCUT2D eigenvalue weighted by Crippen LogP contribution is 2.03. The third kappa shape index (κ3) is 3.47. The number of aromatic nitrogens is 2. The van der Waals surface area contributed by atoms with Gasteiger partial charge in [-0.25, -0.2) is 9.78 Å². The molecule has 0 amide bonds. The van der Waals surface area contributed by atoms with E-state index in [1.54, 1.807) is 6.07 Å². The van der Waals surface area contributed by atoms with Gasteiger partial charge >= 0.3 is 5.97 Å². The standard InChI is InChI=1S/C11H10N4O3/c1-7(13)8(4-12)10(16)6-18-11(17)9-5-14-2-3-15-9/h2-3,5,8H,1,6,13H2/p+1/t8-/m0/s1. The summed E-state index contributed by atoms with van der Waals surface area (Å²) in [6.07, 6.45) is 3.95. The molecule has 0 fully saturated rings. The highest BCUT2D eigenvalue weighted by atomic mass is 16.5. The van der Waals surface area contributed by atoms with Gasteiger partial charge in [-0.2, -0.15) is 5.26 Å². The smallest absolute Gasteiger partial charge is 0.358 e. The SMILES string of the molecule is C=C([NH3+])[C@H](C#N)C(=O)COC(=O)c1cnccn1. The van der Waals surface area contributed by atoms with Crippen LogP contribution in [0.3, 0.4) is 0 Å². The lowest BCUT2D eigenvalue weighted by Gasteiger charge is -2.05. The molecule has 1 heterocycles. The second-order valence-corrected chi connectivity index (χ2v) is 3.35. The number of allylic oxidation sites excluding steroid dienone is 1. The van der Waals surface area contributed by atoms with Crippen LogP contribution in [0.4, 0.5) is 0 Å². The normalized spacial score (nSPS) is 11.1. The number of carbonyl (C=O) groups is 2. The van der Waals surface area contributed by atoms with E-state index < -0.39 is 24.3 Å². The van der Waals surface area contributed by atoms with Crippen LogP contribution in [0.25, 0.3) is 0 Å². The van der Waals surface area contributed by atoms with Crippen molar-refractivity contribution in [2.24, 2.45) is 5.92 Å². The predicted octanol–water partition coefficient (Wildman–Crippen LogP) is -0.902. The van der Waals surface area contributed by atoms with Crippen LogP contribution in [-0.4, -0.2) is 28.3 Å². The second kappa shape index (κ2) is 6.22. The molecule has 1 atom stereocenters.